The maximum absolute atomic E-state index is 14.1. The van der Waals surface area contributed by atoms with E-state index in [1.54, 1.807) is 47.6 Å². The molecule has 2 heterocycles. The summed E-state index contributed by atoms with van der Waals surface area (Å²) < 4.78 is 19.3. The van der Waals surface area contributed by atoms with Gasteiger partial charge in [0.15, 0.2) is 0 Å². The molecule has 1 amide bonds. The lowest BCUT2D eigenvalue weighted by molar-refractivity contribution is -0.129. The summed E-state index contributed by atoms with van der Waals surface area (Å²) in [5.74, 6) is 0.236. The highest BCUT2D eigenvalue weighted by atomic mass is 19.1. The van der Waals surface area contributed by atoms with Gasteiger partial charge in [0.2, 0.25) is 5.91 Å². The van der Waals surface area contributed by atoms with Crippen LogP contribution >= 0.6 is 0 Å². The lowest BCUT2D eigenvalue weighted by atomic mass is 10.0. The lowest BCUT2D eigenvalue weighted by Gasteiger charge is -2.37. The van der Waals surface area contributed by atoms with Gasteiger partial charge in [-0.1, -0.05) is 18.2 Å². The first-order valence-electron chi connectivity index (χ1n) is 8.57. The van der Waals surface area contributed by atoms with Crippen molar-refractivity contribution in [2.75, 3.05) is 20.1 Å². The Morgan fingerprint density at radius 1 is 1.28 bits per heavy atom. The van der Waals surface area contributed by atoms with Crippen molar-refractivity contribution in [1.82, 2.24) is 9.80 Å². The fraction of sp³-hybridized carbons (Fsp3) is 0.350. The van der Waals surface area contributed by atoms with Crippen molar-refractivity contribution in [1.29, 1.82) is 0 Å². The quantitative estimate of drug-likeness (QED) is 0.780. The molecular formula is C20H23FN2O2. The normalized spacial score (nSPS) is 16.4. The highest BCUT2D eigenvalue weighted by Gasteiger charge is 2.26. The summed E-state index contributed by atoms with van der Waals surface area (Å²) in [6, 6.07) is 10.3. The van der Waals surface area contributed by atoms with E-state index in [4.69, 9.17) is 4.42 Å². The number of benzene rings is 1. The molecule has 0 radical (unpaired) electrons. The van der Waals surface area contributed by atoms with Gasteiger partial charge in [0.1, 0.15) is 11.6 Å². The number of halogens is 1. The average Bonchev–Trinajstić information content (AvgIpc) is 3.13. The van der Waals surface area contributed by atoms with Gasteiger partial charge in [-0.05, 0) is 57.3 Å². The first-order chi connectivity index (χ1) is 12.1. The summed E-state index contributed by atoms with van der Waals surface area (Å²) in [6.07, 6.45) is 6.53. The lowest BCUT2D eigenvalue weighted by Crippen LogP contribution is -2.45. The second-order valence-electron chi connectivity index (χ2n) is 6.44. The predicted octanol–water partition coefficient (Wildman–Crippen LogP) is 3.55. The average molecular weight is 342 g/mol. The van der Waals surface area contributed by atoms with Crippen LogP contribution in [-0.4, -0.2) is 41.9 Å². The summed E-state index contributed by atoms with van der Waals surface area (Å²) >= 11 is 0. The highest BCUT2D eigenvalue weighted by molar-refractivity contribution is 5.91. The van der Waals surface area contributed by atoms with Crippen LogP contribution in [0.2, 0.25) is 0 Å². The van der Waals surface area contributed by atoms with Crippen molar-refractivity contribution in [2.24, 2.45) is 0 Å². The third-order valence-electron chi connectivity index (χ3n) is 4.64. The van der Waals surface area contributed by atoms with E-state index in [2.05, 4.69) is 11.9 Å². The second kappa shape index (κ2) is 8.12. The number of likely N-dealkylation sites (tertiary alicyclic amines) is 1. The molecule has 0 bridgehead atoms. The summed E-state index contributed by atoms with van der Waals surface area (Å²) in [4.78, 5) is 16.8. The van der Waals surface area contributed by atoms with Crippen LogP contribution in [0.1, 0.15) is 24.2 Å². The van der Waals surface area contributed by atoms with Gasteiger partial charge in [-0.2, -0.15) is 0 Å². The zero-order valence-electron chi connectivity index (χ0n) is 14.4. The highest BCUT2D eigenvalue weighted by Crippen LogP contribution is 2.20. The Balaban J connectivity index is 1.78. The molecule has 0 saturated carbocycles. The van der Waals surface area contributed by atoms with Gasteiger partial charge in [0.25, 0.3) is 0 Å². The fourth-order valence-corrected chi connectivity index (χ4v) is 3.14. The van der Waals surface area contributed by atoms with Gasteiger partial charge in [-0.15, -0.1) is 0 Å². The number of amides is 1. The number of furan rings is 1. The van der Waals surface area contributed by atoms with Crippen molar-refractivity contribution < 1.29 is 13.6 Å². The fourth-order valence-electron chi connectivity index (χ4n) is 3.14. The van der Waals surface area contributed by atoms with E-state index in [0.717, 1.165) is 25.9 Å². The smallest absolute Gasteiger partial charge is 0.247 e. The third kappa shape index (κ3) is 4.57. The minimum Gasteiger partial charge on any atom is -0.465 e. The number of hydrogen-bond acceptors (Lipinski definition) is 3. The third-order valence-corrected chi connectivity index (χ3v) is 4.64. The van der Waals surface area contributed by atoms with Gasteiger partial charge >= 0.3 is 0 Å². The minimum atomic E-state index is -0.275. The Morgan fingerprint density at radius 2 is 2.04 bits per heavy atom. The van der Waals surface area contributed by atoms with E-state index >= 15 is 0 Å². The topological polar surface area (TPSA) is 36.7 Å². The number of nitrogens with zero attached hydrogens (tertiary/aromatic N) is 2. The van der Waals surface area contributed by atoms with Crippen molar-refractivity contribution in [2.45, 2.75) is 25.4 Å². The number of carbonyl (C=O) groups is 1. The van der Waals surface area contributed by atoms with E-state index in [9.17, 15) is 9.18 Å². The molecule has 3 rings (SSSR count). The predicted molar refractivity (Wildman–Crippen MR) is 95.2 cm³/mol. The summed E-state index contributed by atoms with van der Waals surface area (Å²) in [5.41, 5.74) is 0.543. The number of piperidine rings is 1. The summed E-state index contributed by atoms with van der Waals surface area (Å²) in [6.45, 7) is 2.16. The van der Waals surface area contributed by atoms with Crippen LogP contribution in [0.25, 0.3) is 6.08 Å². The monoisotopic (exact) mass is 342 g/mol. The molecule has 1 aromatic heterocycles. The van der Waals surface area contributed by atoms with Gasteiger partial charge in [0, 0.05) is 24.2 Å². The molecule has 0 N–H and O–H groups in total. The van der Waals surface area contributed by atoms with Crippen LogP contribution in [0, 0.1) is 5.82 Å². The molecule has 1 saturated heterocycles. The van der Waals surface area contributed by atoms with Gasteiger partial charge in [0.05, 0.1) is 6.26 Å². The number of hydrogen-bond donors (Lipinski definition) is 0. The first-order valence-corrected chi connectivity index (χ1v) is 8.57. The molecule has 132 valence electrons. The summed E-state index contributed by atoms with van der Waals surface area (Å²) in [5, 5.41) is 0. The van der Waals surface area contributed by atoms with Gasteiger partial charge in [-0.25, -0.2) is 4.39 Å². The Morgan fingerprint density at radius 3 is 2.72 bits per heavy atom. The van der Waals surface area contributed by atoms with E-state index in [1.165, 1.54) is 12.1 Å². The molecule has 0 unspecified atom stereocenters. The Labute approximate surface area is 147 Å². The van der Waals surface area contributed by atoms with Crippen LogP contribution in [0.15, 0.2) is 53.2 Å². The molecule has 5 heteroatoms. The molecule has 1 aromatic carbocycles. The standard InChI is InChI=1S/C20H23FN2O2/c1-22-12-10-17(11-13-22)23(15-16-5-2-3-7-19(16)21)20(24)9-8-18-6-4-14-25-18/h2-9,14,17H,10-13,15H2,1H3. The molecule has 0 aliphatic carbocycles. The molecule has 2 aromatic rings. The van der Waals surface area contributed by atoms with E-state index in [-0.39, 0.29) is 24.3 Å². The van der Waals surface area contributed by atoms with E-state index in [1.807, 2.05) is 0 Å². The van der Waals surface area contributed by atoms with Crippen LogP contribution in [0.5, 0.6) is 0 Å². The van der Waals surface area contributed by atoms with Crippen LogP contribution < -0.4 is 0 Å². The molecule has 0 atom stereocenters. The Hall–Kier alpha value is -2.40. The Kier molecular flexibility index (Phi) is 5.66. The molecule has 1 aliphatic heterocycles. The largest absolute Gasteiger partial charge is 0.465 e. The van der Waals surface area contributed by atoms with Crippen molar-refractivity contribution >= 4 is 12.0 Å². The van der Waals surface area contributed by atoms with E-state index in [0.29, 0.717) is 11.3 Å². The molecule has 0 spiro atoms. The maximum atomic E-state index is 14.1. The SMILES string of the molecule is CN1CCC(N(Cc2ccccc2F)C(=O)C=Cc2ccco2)CC1. The molecule has 25 heavy (non-hydrogen) atoms. The molecule has 1 aliphatic rings. The van der Waals surface area contributed by atoms with Crippen molar-refractivity contribution in [3.8, 4) is 0 Å². The molecule has 1 fully saturated rings. The van der Waals surface area contributed by atoms with Crippen LogP contribution in [0.4, 0.5) is 4.39 Å². The first kappa shape index (κ1) is 17.4. The Bertz CT molecular complexity index is 719. The van der Waals surface area contributed by atoms with Crippen LogP contribution in [-0.2, 0) is 11.3 Å². The minimum absolute atomic E-state index is 0.115. The zero-order valence-corrected chi connectivity index (χ0v) is 14.4. The summed E-state index contributed by atoms with van der Waals surface area (Å²) in [7, 11) is 2.08. The van der Waals surface area contributed by atoms with Gasteiger partial charge in [-0.3, -0.25) is 4.79 Å². The molecule has 4 nitrogen and oxygen atoms in total. The number of rotatable bonds is 5. The van der Waals surface area contributed by atoms with E-state index < -0.39 is 0 Å². The van der Waals surface area contributed by atoms with Crippen molar-refractivity contribution in [3.05, 3.63) is 65.9 Å². The second-order valence-corrected chi connectivity index (χ2v) is 6.44. The zero-order chi connectivity index (χ0) is 17.6. The van der Waals surface area contributed by atoms with Gasteiger partial charge < -0.3 is 14.2 Å². The van der Waals surface area contributed by atoms with Crippen molar-refractivity contribution in [3.63, 3.8) is 0 Å². The maximum Gasteiger partial charge on any atom is 0.247 e. The molecular weight excluding hydrogens is 319 g/mol. The van der Waals surface area contributed by atoms with Crippen LogP contribution in [0.3, 0.4) is 0 Å². The number of carbonyl (C=O) groups excluding carboxylic acids is 1.